The number of ketones is 1. The van der Waals surface area contributed by atoms with Crippen LogP contribution in [-0.2, 0) is 10.5 Å². The molecule has 0 spiro atoms. The molecular weight excluding hydrogens is 544 g/mol. The summed E-state index contributed by atoms with van der Waals surface area (Å²) in [6.45, 7) is 4.13. The number of halogens is 1. The molecule has 184 valence electrons. The number of thioether (sulfide) groups is 1. The summed E-state index contributed by atoms with van der Waals surface area (Å²) in [5.74, 6) is 0.468. The van der Waals surface area contributed by atoms with E-state index in [0.29, 0.717) is 40.7 Å². The highest BCUT2D eigenvalue weighted by Gasteiger charge is 2.42. The van der Waals surface area contributed by atoms with Crippen molar-refractivity contribution in [1.29, 1.82) is 0 Å². The van der Waals surface area contributed by atoms with Crippen molar-refractivity contribution < 1.29 is 9.72 Å². The van der Waals surface area contributed by atoms with Gasteiger partial charge in [-0.15, -0.1) is 0 Å². The monoisotopic (exact) mass is 566 g/mol. The molecule has 2 heterocycles. The van der Waals surface area contributed by atoms with E-state index in [0.717, 1.165) is 21.3 Å². The van der Waals surface area contributed by atoms with Gasteiger partial charge in [0.25, 0.3) is 11.2 Å². The zero-order chi connectivity index (χ0) is 25.6. The zero-order valence-electron chi connectivity index (χ0n) is 19.6. The lowest BCUT2D eigenvalue weighted by atomic mass is 9.69. The summed E-state index contributed by atoms with van der Waals surface area (Å²) in [4.78, 5) is 44.8. The van der Waals surface area contributed by atoms with Crippen LogP contribution in [0.4, 0.5) is 11.5 Å². The van der Waals surface area contributed by atoms with E-state index in [4.69, 9.17) is 4.98 Å². The van der Waals surface area contributed by atoms with E-state index in [1.807, 2.05) is 24.3 Å². The molecule has 3 aromatic rings. The van der Waals surface area contributed by atoms with Crippen LogP contribution in [0.25, 0.3) is 0 Å². The molecule has 0 saturated heterocycles. The maximum Gasteiger partial charge on any atom is 0.269 e. The quantitative estimate of drug-likeness (QED) is 0.170. The van der Waals surface area contributed by atoms with Crippen LogP contribution in [0.3, 0.4) is 0 Å². The Morgan fingerprint density at radius 1 is 1.17 bits per heavy atom. The minimum atomic E-state index is -0.512. The minimum Gasteiger partial charge on any atom is -0.343 e. The van der Waals surface area contributed by atoms with E-state index in [1.165, 1.54) is 23.9 Å². The standard InChI is InChI=1S/C26H23BrN4O4S/c1-26(2)11-18-21(19(32)12-26)20(15-4-3-5-16(27)10-15)22-23(28-18)29-25(30-24(22)33)36-13-14-6-8-17(9-7-14)31(34)35/h3-10,20H,11-13H2,1-2H3,(H2,28,29,30,33). The van der Waals surface area contributed by atoms with Gasteiger partial charge >= 0.3 is 0 Å². The number of rotatable bonds is 5. The number of benzene rings is 2. The second-order valence-corrected chi connectivity index (χ2v) is 11.7. The number of nitrogens with one attached hydrogen (secondary N) is 2. The Bertz CT molecular complexity index is 1480. The second-order valence-electron chi connectivity index (χ2n) is 9.79. The van der Waals surface area contributed by atoms with E-state index in [1.54, 1.807) is 12.1 Å². The highest BCUT2D eigenvalue weighted by Crippen LogP contribution is 2.48. The zero-order valence-corrected chi connectivity index (χ0v) is 22.0. The topological polar surface area (TPSA) is 118 Å². The van der Waals surface area contributed by atoms with Crippen LogP contribution in [0.2, 0.25) is 0 Å². The molecule has 36 heavy (non-hydrogen) atoms. The van der Waals surface area contributed by atoms with Gasteiger partial charge in [-0.3, -0.25) is 19.7 Å². The molecule has 0 bridgehead atoms. The van der Waals surface area contributed by atoms with Crippen molar-refractivity contribution in [3.63, 3.8) is 0 Å². The number of non-ortho nitro benzene ring substituents is 1. The van der Waals surface area contributed by atoms with Crippen LogP contribution in [0.15, 0.2) is 74.2 Å². The van der Waals surface area contributed by atoms with Gasteiger partial charge in [-0.05, 0) is 35.1 Å². The van der Waals surface area contributed by atoms with Crippen molar-refractivity contribution in [2.75, 3.05) is 5.32 Å². The van der Waals surface area contributed by atoms with Gasteiger partial charge in [-0.25, -0.2) is 4.98 Å². The first-order valence-corrected chi connectivity index (χ1v) is 13.2. The van der Waals surface area contributed by atoms with Crippen LogP contribution in [0.1, 0.15) is 49.3 Å². The molecule has 0 amide bonds. The summed E-state index contributed by atoms with van der Waals surface area (Å²) in [6, 6.07) is 14.0. The summed E-state index contributed by atoms with van der Waals surface area (Å²) >= 11 is 4.85. The largest absolute Gasteiger partial charge is 0.343 e. The van der Waals surface area contributed by atoms with E-state index in [2.05, 4.69) is 40.1 Å². The maximum atomic E-state index is 13.4. The number of nitrogens with zero attached hydrogens (tertiary/aromatic N) is 2. The van der Waals surface area contributed by atoms with Gasteiger partial charge in [-0.2, -0.15) is 0 Å². The third kappa shape index (κ3) is 4.75. The lowest BCUT2D eigenvalue weighted by molar-refractivity contribution is -0.384. The number of fused-ring (bicyclic) bond motifs is 1. The number of aromatic nitrogens is 2. The first-order chi connectivity index (χ1) is 17.1. The SMILES string of the molecule is CC1(C)CC(=O)C2=C(C1)Nc1nc(SCc3ccc([N+](=O)[O-])cc3)[nH]c(=O)c1C2c1cccc(Br)c1. The van der Waals surface area contributed by atoms with Gasteiger partial charge in [0.15, 0.2) is 10.9 Å². The van der Waals surface area contributed by atoms with Gasteiger partial charge in [0.2, 0.25) is 0 Å². The van der Waals surface area contributed by atoms with Crippen molar-refractivity contribution in [3.05, 3.63) is 101 Å². The molecule has 0 saturated carbocycles. The molecule has 2 aliphatic rings. The molecule has 1 aliphatic heterocycles. The van der Waals surface area contributed by atoms with Crippen molar-refractivity contribution in [2.24, 2.45) is 5.41 Å². The number of H-pyrrole nitrogens is 1. The first kappa shape index (κ1) is 24.5. The number of hydrogen-bond acceptors (Lipinski definition) is 7. The Balaban J connectivity index is 1.53. The summed E-state index contributed by atoms with van der Waals surface area (Å²) in [5.41, 5.74) is 3.14. The van der Waals surface area contributed by atoms with E-state index >= 15 is 0 Å². The number of hydrogen-bond donors (Lipinski definition) is 2. The Morgan fingerprint density at radius 3 is 2.61 bits per heavy atom. The molecule has 0 radical (unpaired) electrons. The van der Waals surface area contributed by atoms with E-state index in [9.17, 15) is 19.7 Å². The molecule has 0 fully saturated rings. The predicted molar refractivity (Wildman–Crippen MR) is 142 cm³/mol. The fourth-order valence-corrected chi connectivity index (χ4v) is 6.08. The first-order valence-electron chi connectivity index (χ1n) is 11.4. The van der Waals surface area contributed by atoms with Crippen LogP contribution in [0, 0.1) is 15.5 Å². The number of carbonyl (C=O) groups excluding carboxylic acids is 1. The molecule has 5 rings (SSSR count). The Hall–Kier alpha value is -3.24. The summed E-state index contributed by atoms with van der Waals surface area (Å²) in [7, 11) is 0. The number of aromatic amines is 1. The average Bonchev–Trinajstić information content (AvgIpc) is 2.81. The highest BCUT2D eigenvalue weighted by atomic mass is 79.9. The molecule has 1 unspecified atom stereocenters. The number of nitro groups is 1. The van der Waals surface area contributed by atoms with Gasteiger partial charge in [0, 0.05) is 46.0 Å². The smallest absolute Gasteiger partial charge is 0.269 e. The summed E-state index contributed by atoms with van der Waals surface area (Å²) in [6.07, 6.45) is 1.10. The van der Waals surface area contributed by atoms with Gasteiger partial charge < -0.3 is 10.3 Å². The normalized spacial score (nSPS) is 18.3. The van der Waals surface area contributed by atoms with Crippen molar-refractivity contribution in [2.45, 2.75) is 43.5 Å². The van der Waals surface area contributed by atoms with Crippen molar-refractivity contribution in [1.82, 2.24) is 9.97 Å². The molecule has 2 aromatic carbocycles. The van der Waals surface area contributed by atoms with Gasteiger partial charge in [0.1, 0.15) is 5.82 Å². The summed E-state index contributed by atoms with van der Waals surface area (Å²) < 4.78 is 0.866. The number of Topliss-reactive ketones (excluding diaryl/α,β-unsaturated/α-hetero) is 1. The van der Waals surface area contributed by atoms with Crippen LogP contribution >= 0.6 is 27.7 Å². The second kappa shape index (κ2) is 9.33. The fourth-order valence-electron chi connectivity index (χ4n) is 4.85. The average molecular weight is 567 g/mol. The summed E-state index contributed by atoms with van der Waals surface area (Å²) in [5, 5.41) is 14.6. The Morgan fingerprint density at radius 2 is 1.92 bits per heavy atom. The van der Waals surface area contributed by atoms with Crippen molar-refractivity contribution >= 4 is 45.0 Å². The predicted octanol–water partition coefficient (Wildman–Crippen LogP) is 5.93. The number of anilines is 1. The maximum absolute atomic E-state index is 13.4. The molecule has 1 aliphatic carbocycles. The minimum absolute atomic E-state index is 0.0286. The third-order valence-electron chi connectivity index (χ3n) is 6.40. The van der Waals surface area contributed by atoms with Crippen LogP contribution in [0.5, 0.6) is 0 Å². The molecule has 2 N–H and O–H groups in total. The van der Waals surface area contributed by atoms with E-state index in [-0.39, 0.29) is 22.4 Å². The number of nitro benzene ring substituents is 1. The van der Waals surface area contributed by atoms with E-state index < -0.39 is 10.8 Å². The highest BCUT2D eigenvalue weighted by molar-refractivity contribution is 9.10. The molecule has 1 atom stereocenters. The van der Waals surface area contributed by atoms with Crippen molar-refractivity contribution in [3.8, 4) is 0 Å². The lowest BCUT2D eigenvalue weighted by Crippen LogP contribution is -2.37. The van der Waals surface area contributed by atoms with Crippen LogP contribution < -0.4 is 10.9 Å². The Kier molecular flexibility index (Phi) is 6.34. The fraction of sp³-hybridized carbons (Fsp3) is 0.269. The lowest BCUT2D eigenvalue weighted by Gasteiger charge is -2.38. The Labute approximate surface area is 219 Å². The van der Waals surface area contributed by atoms with Crippen LogP contribution in [-0.4, -0.2) is 20.7 Å². The molecular formula is C26H23BrN4O4S. The molecule has 1 aromatic heterocycles. The number of allylic oxidation sites excluding steroid dienone is 2. The van der Waals surface area contributed by atoms with Gasteiger partial charge in [-0.1, -0.05) is 65.8 Å². The molecule has 8 nitrogen and oxygen atoms in total. The number of carbonyl (C=O) groups is 1. The molecule has 10 heteroatoms. The van der Waals surface area contributed by atoms with Gasteiger partial charge in [0.05, 0.1) is 10.5 Å². The third-order valence-corrected chi connectivity index (χ3v) is 7.84.